The molecule has 0 bridgehead atoms. The summed E-state index contributed by atoms with van der Waals surface area (Å²) in [6, 6.07) is 16.4. The molecule has 2 heterocycles. The van der Waals surface area contributed by atoms with E-state index in [1.807, 2.05) is 6.07 Å². The molecule has 0 aliphatic carbocycles. The Morgan fingerprint density at radius 1 is 0.788 bits per heavy atom. The van der Waals surface area contributed by atoms with Crippen LogP contribution < -0.4 is 5.32 Å². The lowest BCUT2D eigenvalue weighted by atomic mass is 10.0. The highest BCUT2D eigenvalue weighted by Gasteiger charge is 2.14. The van der Waals surface area contributed by atoms with Crippen LogP contribution in [-0.4, -0.2) is 15.0 Å². The monoisotopic (exact) mass is 462 g/mol. The summed E-state index contributed by atoms with van der Waals surface area (Å²) in [6.45, 7) is 0. The van der Waals surface area contributed by atoms with Crippen molar-refractivity contribution in [3.8, 4) is 22.5 Å². The summed E-state index contributed by atoms with van der Waals surface area (Å²) >= 11 is 5.93. The van der Waals surface area contributed by atoms with Crippen molar-refractivity contribution >= 4 is 34.0 Å². The van der Waals surface area contributed by atoms with E-state index in [4.69, 9.17) is 11.6 Å². The maximum absolute atomic E-state index is 14.4. The zero-order valence-electron chi connectivity index (χ0n) is 16.9. The SMILES string of the molecule is Fc1ccc(-c2ccc3nc(-c4cccnc4)nc(Nc4ccc(F)c(Cl)c4)c3c2)c(F)c1. The number of anilines is 2. The molecule has 33 heavy (non-hydrogen) atoms. The molecular formula is C25H14ClF3N4. The van der Waals surface area contributed by atoms with Crippen LogP contribution in [0.2, 0.25) is 5.02 Å². The van der Waals surface area contributed by atoms with Gasteiger partial charge in [0.2, 0.25) is 0 Å². The zero-order chi connectivity index (χ0) is 22.9. The summed E-state index contributed by atoms with van der Waals surface area (Å²) in [6.07, 6.45) is 3.29. The van der Waals surface area contributed by atoms with Crippen LogP contribution in [0.15, 0.2) is 79.1 Å². The van der Waals surface area contributed by atoms with Crippen molar-refractivity contribution in [2.75, 3.05) is 5.32 Å². The molecule has 0 amide bonds. The first-order valence-electron chi connectivity index (χ1n) is 9.87. The predicted octanol–water partition coefficient (Wildman–Crippen LogP) is 7.17. The molecule has 0 radical (unpaired) electrons. The van der Waals surface area contributed by atoms with Crippen LogP contribution >= 0.6 is 11.6 Å². The number of aromatic nitrogens is 3. The third kappa shape index (κ3) is 4.23. The highest BCUT2D eigenvalue weighted by molar-refractivity contribution is 6.31. The van der Waals surface area contributed by atoms with Gasteiger partial charge in [-0.25, -0.2) is 23.1 Å². The Balaban J connectivity index is 1.69. The number of rotatable bonds is 4. The first kappa shape index (κ1) is 20.9. The summed E-state index contributed by atoms with van der Waals surface area (Å²) in [7, 11) is 0. The lowest BCUT2D eigenvalue weighted by Gasteiger charge is -2.13. The second kappa shape index (κ2) is 8.52. The van der Waals surface area contributed by atoms with Gasteiger partial charge < -0.3 is 5.32 Å². The molecule has 0 aliphatic heterocycles. The van der Waals surface area contributed by atoms with E-state index in [1.165, 1.54) is 30.3 Å². The van der Waals surface area contributed by atoms with Gasteiger partial charge in [-0.05, 0) is 60.2 Å². The molecule has 0 atom stereocenters. The molecule has 0 saturated carbocycles. The van der Waals surface area contributed by atoms with Gasteiger partial charge in [-0.1, -0.05) is 17.7 Å². The zero-order valence-corrected chi connectivity index (χ0v) is 17.6. The number of nitrogens with one attached hydrogen (secondary N) is 1. The first-order chi connectivity index (χ1) is 16.0. The molecule has 162 valence electrons. The fourth-order valence-electron chi connectivity index (χ4n) is 3.45. The molecule has 0 saturated heterocycles. The molecule has 0 fully saturated rings. The van der Waals surface area contributed by atoms with Crippen LogP contribution in [0.3, 0.4) is 0 Å². The number of hydrogen-bond acceptors (Lipinski definition) is 4. The van der Waals surface area contributed by atoms with Crippen molar-refractivity contribution in [3.05, 3.63) is 102 Å². The maximum Gasteiger partial charge on any atom is 0.163 e. The largest absolute Gasteiger partial charge is 0.340 e. The van der Waals surface area contributed by atoms with E-state index in [0.717, 1.165) is 6.07 Å². The van der Waals surface area contributed by atoms with Crippen LogP contribution in [0.25, 0.3) is 33.4 Å². The van der Waals surface area contributed by atoms with Gasteiger partial charge in [0.05, 0.1) is 10.5 Å². The number of pyridine rings is 1. The van der Waals surface area contributed by atoms with E-state index < -0.39 is 17.5 Å². The van der Waals surface area contributed by atoms with E-state index in [2.05, 4.69) is 20.3 Å². The predicted molar refractivity (Wildman–Crippen MR) is 123 cm³/mol. The minimum atomic E-state index is -0.679. The number of hydrogen-bond donors (Lipinski definition) is 1. The van der Waals surface area contributed by atoms with Crippen molar-refractivity contribution in [3.63, 3.8) is 0 Å². The standard InChI is InChI=1S/C25H14ClF3N4/c26-20-12-17(5-7-21(20)28)31-25-19-10-14(18-6-4-16(27)11-22(18)29)3-8-23(19)32-24(33-25)15-2-1-9-30-13-15/h1-13H,(H,31,32,33). The maximum atomic E-state index is 14.4. The third-order valence-electron chi connectivity index (χ3n) is 5.04. The summed E-state index contributed by atoms with van der Waals surface area (Å²) in [5.41, 5.74) is 2.57. The fourth-order valence-corrected chi connectivity index (χ4v) is 3.63. The lowest BCUT2D eigenvalue weighted by Crippen LogP contribution is -2.00. The molecule has 5 aromatic rings. The highest BCUT2D eigenvalue weighted by Crippen LogP contribution is 2.33. The fraction of sp³-hybridized carbons (Fsp3) is 0. The molecule has 0 aliphatic rings. The molecule has 5 rings (SSSR count). The highest BCUT2D eigenvalue weighted by atomic mass is 35.5. The summed E-state index contributed by atoms with van der Waals surface area (Å²) < 4.78 is 41.4. The third-order valence-corrected chi connectivity index (χ3v) is 5.33. The number of halogens is 4. The number of benzene rings is 3. The number of fused-ring (bicyclic) bond motifs is 1. The average molecular weight is 463 g/mol. The van der Waals surface area contributed by atoms with Gasteiger partial charge in [0.1, 0.15) is 23.3 Å². The summed E-state index contributed by atoms with van der Waals surface area (Å²) in [5, 5.41) is 3.70. The minimum absolute atomic E-state index is 0.0417. The Labute approximate surface area is 191 Å². The Morgan fingerprint density at radius 2 is 1.67 bits per heavy atom. The van der Waals surface area contributed by atoms with Crippen molar-refractivity contribution in [1.82, 2.24) is 15.0 Å². The van der Waals surface area contributed by atoms with Crippen LogP contribution in [0.5, 0.6) is 0 Å². The van der Waals surface area contributed by atoms with E-state index in [0.29, 0.717) is 39.4 Å². The van der Waals surface area contributed by atoms with Crippen molar-refractivity contribution < 1.29 is 13.2 Å². The van der Waals surface area contributed by atoms with Gasteiger partial charge >= 0.3 is 0 Å². The van der Waals surface area contributed by atoms with Gasteiger partial charge in [0.15, 0.2) is 5.82 Å². The summed E-state index contributed by atoms with van der Waals surface area (Å²) in [5.74, 6) is -1.04. The smallest absolute Gasteiger partial charge is 0.163 e. The first-order valence-corrected chi connectivity index (χ1v) is 10.3. The van der Waals surface area contributed by atoms with Gasteiger partial charge in [0.25, 0.3) is 0 Å². The van der Waals surface area contributed by atoms with E-state index >= 15 is 0 Å². The van der Waals surface area contributed by atoms with Gasteiger partial charge in [-0.3, -0.25) is 4.98 Å². The van der Waals surface area contributed by atoms with Crippen LogP contribution in [0, 0.1) is 17.5 Å². The average Bonchev–Trinajstić information content (AvgIpc) is 2.82. The topological polar surface area (TPSA) is 50.7 Å². The Bertz CT molecular complexity index is 1490. The second-order valence-corrected chi connectivity index (χ2v) is 7.65. The quantitative estimate of drug-likeness (QED) is 0.307. The summed E-state index contributed by atoms with van der Waals surface area (Å²) in [4.78, 5) is 13.4. The second-order valence-electron chi connectivity index (χ2n) is 7.25. The van der Waals surface area contributed by atoms with Crippen molar-refractivity contribution in [2.24, 2.45) is 0 Å². The van der Waals surface area contributed by atoms with Gasteiger partial charge in [0, 0.05) is 40.7 Å². The molecule has 0 spiro atoms. The Kier molecular flexibility index (Phi) is 5.40. The normalized spacial score (nSPS) is 11.0. The van der Waals surface area contributed by atoms with Crippen LogP contribution in [0.1, 0.15) is 0 Å². The van der Waals surface area contributed by atoms with Gasteiger partial charge in [-0.2, -0.15) is 0 Å². The molecule has 8 heteroatoms. The van der Waals surface area contributed by atoms with E-state index in [1.54, 1.807) is 36.7 Å². The van der Waals surface area contributed by atoms with Crippen LogP contribution in [0.4, 0.5) is 24.7 Å². The van der Waals surface area contributed by atoms with E-state index in [9.17, 15) is 13.2 Å². The van der Waals surface area contributed by atoms with Crippen molar-refractivity contribution in [1.29, 1.82) is 0 Å². The minimum Gasteiger partial charge on any atom is -0.340 e. The molecule has 0 unspecified atom stereocenters. The van der Waals surface area contributed by atoms with E-state index in [-0.39, 0.29) is 10.6 Å². The van der Waals surface area contributed by atoms with Gasteiger partial charge in [-0.15, -0.1) is 0 Å². The Morgan fingerprint density at radius 3 is 2.42 bits per heavy atom. The molecule has 4 nitrogen and oxygen atoms in total. The number of nitrogens with zero attached hydrogens (tertiary/aromatic N) is 3. The Hall–Kier alpha value is -3.97. The van der Waals surface area contributed by atoms with Crippen molar-refractivity contribution in [2.45, 2.75) is 0 Å². The molecular weight excluding hydrogens is 449 g/mol. The molecule has 3 aromatic carbocycles. The molecule has 2 aromatic heterocycles. The molecule has 1 N–H and O–H groups in total. The lowest BCUT2D eigenvalue weighted by molar-refractivity contribution is 0.585. The van der Waals surface area contributed by atoms with Crippen LogP contribution in [-0.2, 0) is 0 Å².